The summed E-state index contributed by atoms with van der Waals surface area (Å²) in [6, 6.07) is 7.99. The van der Waals surface area contributed by atoms with Crippen LogP contribution >= 0.6 is 24.0 Å². The van der Waals surface area contributed by atoms with Crippen molar-refractivity contribution in [3.05, 3.63) is 29.8 Å². The van der Waals surface area contributed by atoms with Gasteiger partial charge in [-0.15, -0.1) is 24.0 Å². The van der Waals surface area contributed by atoms with Gasteiger partial charge in [0.2, 0.25) is 5.91 Å². The van der Waals surface area contributed by atoms with Crippen molar-refractivity contribution in [2.75, 3.05) is 31.1 Å². The van der Waals surface area contributed by atoms with Crippen LogP contribution in [0.5, 0.6) is 0 Å². The molecule has 2 heterocycles. The highest BCUT2D eigenvalue weighted by atomic mass is 127. The summed E-state index contributed by atoms with van der Waals surface area (Å²) in [6.45, 7) is 3.24. The van der Waals surface area contributed by atoms with Gasteiger partial charge in [0.05, 0.1) is 6.42 Å². The number of amides is 1. The minimum atomic E-state index is 0. The lowest BCUT2D eigenvalue weighted by atomic mass is 10.2. The van der Waals surface area contributed by atoms with Crippen LogP contribution in [0.4, 0.5) is 5.69 Å². The van der Waals surface area contributed by atoms with Gasteiger partial charge in [0.15, 0.2) is 5.96 Å². The average Bonchev–Trinajstić information content (AvgIpc) is 2.76. The Morgan fingerprint density at radius 2 is 2.20 bits per heavy atom. The standard InChI is InChI=1S/C14H18N4O.HI/c19-13-10-11-4-1-2-5-12(11)18(13)9-8-17-14-15-6-3-7-16-14;/h1-2,4-5H,3,6-10H2,(H2,15,16,17);1H. The summed E-state index contributed by atoms with van der Waals surface area (Å²) in [5.41, 5.74) is 2.17. The van der Waals surface area contributed by atoms with Crippen LogP contribution in [0.3, 0.4) is 0 Å². The van der Waals surface area contributed by atoms with E-state index in [-0.39, 0.29) is 29.9 Å². The van der Waals surface area contributed by atoms with Gasteiger partial charge in [0, 0.05) is 31.9 Å². The van der Waals surface area contributed by atoms with E-state index in [1.807, 2.05) is 29.2 Å². The number of nitrogens with one attached hydrogen (secondary N) is 2. The van der Waals surface area contributed by atoms with Crippen molar-refractivity contribution in [3.63, 3.8) is 0 Å². The zero-order valence-electron chi connectivity index (χ0n) is 11.3. The normalized spacial score (nSPS) is 16.9. The lowest BCUT2D eigenvalue weighted by molar-refractivity contribution is -0.117. The van der Waals surface area contributed by atoms with E-state index in [0.29, 0.717) is 19.5 Å². The Hall–Kier alpha value is -1.31. The molecule has 1 amide bonds. The molecule has 2 aliphatic rings. The Bertz CT molecular complexity index is 518. The molecule has 2 N–H and O–H groups in total. The molecule has 0 spiro atoms. The summed E-state index contributed by atoms with van der Waals surface area (Å²) in [5.74, 6) is 1.03. The summed E-state index contributed by atoms with van der Waals surface area (Å²) in [4.78, 5) is 18.2. The van der Waals surface area contributed by atoms with E-state index in [4.69, 9.17) is 0 Å². The number of hydrogen-bond donors (Lipinski definition) is 2. The minimum Gasteiger partial charge on any atom is -0.356 e. The Morgan fingerprint density at radius 1 is 1.35 bits per heavy atom. The number of carbonyl (C=O) groups is 1. The number of fused-ring (bicyclic) bond motifs is 1. The Morgan fingerprint density at radius 3 is 3.00 bits per heavy atom. The molecule has 0 saturated carbocycles. The number of aliphatic imine (C=N–C) groups is 1. The SMILES string of the molecule is I.O=C1Cc2ccccc2N1CCNC1=NCCCN1. The van der Waals surface area contributed by atoms with Gasteiger partial charge in [0.1, 0.15) is 0 Å². The van der Waals surface area contributed by atoms with Gasteiger partial charge in [-0.25, -0.2) is 0 Å². The molecule has 0 unspecified atom stereocenters. The quantitative estimate of drug-likeness (QED) is 0.766. The summed E-state index contributed by atoms with van der Waals surface area (Å²) < 4.78 is 0. The van der Waals surface area contributed by atoms with Crippen LogP contribution < -0.4 is 15.5 Å². The van der Waals surface area contributed by atoms with Gasteiger partial charge < -0.3 is 15.5 Å². The number of para-hydroxylation sites is 1. The third-order valence-corrected chi connectivity index (χ3v) is 3.45. The molecule has 0 radical (unpaired) electrons. The smallest absolute Gasteiger partial charge is 0.231 e. The maximum Gasteiger partial charge on any atom is 0.231 e. The zero-order chi connectivity index (χ0) is 13.1. The second kappa shape index (κ2) is 6.92. The first-order valence-corrected chi connectivity index (χ1v) is 6.75. The highest BCUT2D eigenvalue weighted by Crippen LogP contribution is 2.27. The van der Waals surface area contributed by atoms with E-state index in [0.717, 1.165) is 36.7 Å². The molecule has 0 aromatic heterocycles. The fraction of sp³-hybridized carbons (Fsp3) is 0.429. The molecule has 0 fully saturated rings. The number of halogens is 1. The minimum absolute atomic E-state index is 0. The van der Waals surface area contributed by atoms with Crippen molar-refractivity contribution in [2.24, 2.45) is 4.99 Å². The van der Waals surface area contributed by atoms with Gasteiger partial charge in [-0.1, -0.05) is 18.2 Å². The topological polar surface area (TPSA) is 56.7 Å². The monoisotopic (exact) mass is 386 g/mol. The zero-order valence-corrected chi connectivity index (χ0v) is 13.6. The first-order chi connectivity index (χ1) is 9.34. The van der Waals surface area contributed by atoms with Crippen molar-refractivity contribution in [1.29, 1.82) is 0 Å². The third kappa shape index (κ3) is 3.23. The highest BCUT2D eigenvalue weighted by Gasteiger charge is 2.26. The number of nitrogens with zero attached hydrogens (tertiary/aromatic N) is 2. The van der Waals surface area contributed by atoms with Gasteiger partial charge in [0.25, 0.3) is 0 Å². The van der Waals surface area contributed by atoms with Crippen LogP contribution in [0.25, 0.3) is 0 Å². The van der Waals surface area contributed by atoms with E-state index in [1.165, 1.54) is 0 Å². The molecule has 0 aliphatic carbocycles. The Balaban J connectivity index is 0.00000147. The predicted octanol–water partition coefficient (Wildman–Crippen LogP) is 1.13. The maximum atomic E-state index is 12.0. The molecule has 1 aromatic rings. The Labute approximate surface area is 135 Å². The first-order valence-electron chi connectivity index (χ1n) is 6.75. The van der Waals surface area contributed by atoms with Crippen LogP contribution in [0, 0.1) is 0 Å². The molecule has 2 aliphatic heterocycles. The van der Waals surface area contributed by atoms with E-state index in [2.05, 4.69) is 15.6 Å². The number of guanidine groups is 1. The number of hydrogen-bond acceptors (Lipinski definition) is 4. The average molecular weight is 386 g/mol. The fourth-order valence-corrected chi connectivity index (χ4v) is 2.50. The summed E-state index contributed by atoms with van der Waals surface area (Å²) in [5, 5.41) is 6.46. The third-order valence-electron chi connectivity index (χ3n) is 3.45. The van der Waals surface area contributed by atoms with Crippen molar-refractivity contribution in [1.82, 2.24) is 10.6 Å². The highest BCUT2D eigenvalue weighted by molar-refractivity contribution is 14.0. The van der Waals surface area contributed by atoms with Crippen LogP contribution in [0.2, 0.25) is 0 Å². The molecule has 108 valence electrons. The number of rotatable bonds is 3. The van der Waals surface area contributed by atoms with Crippen molar-refractivity contribution in [3.8, 4) is 0 Å². The number of carbonyl (C=O) groups excluding carboxylic acids is 1. The van der Waals surface area contributed by atoms with Crippen LogP contribution in [-0.4, -0.2) is 38.0 Å². The number of benzene rings is 1. The summed E-state index contributed by atoms with van der Waals surface area (Å²) in [6.07, 6.45) is 1.61. The summed E-state index contributed by atoms with van der Waals surface area (Å²) in [7, 11) is 0. The van der Waals surface area contributed by atoms with Crippen LogP contribution in [-0.2, 0) is 11.2 Å². The van der Waals surface area contributed by atoms with Gasteiger partial charge >= 0.3 is 0 Å². The van der Waals surface area contributed by atoms with E-state index in [9.17, 15) is 4.79 Å². The van der Waals surface area contributed by atoms with E-state index < -0.39 is 0 Å². The van der Waals surface area contributed by atoms with E-state index >= 15 is 0 Å². The summed E-state index contributed by atoms with van der Waals surface area (Å²) >= 11 is 0. The lowest BCUT2D eigenvalue weighted by Gasteiger charge is -2.20. The molecule has 1 aromatic carbocycles. The molecule has 0 atom stereocenters. The molecule has 20 heavy (non-hydrogen) atoms. The van der Waals surface area contributed by atoms with Crippen LogP contribution in [0.15, 0.2) is 29.3 Å². The molecule has 0 saturated heterocycles. The molecule has 0 bridgehead atoms. The van der Waals surface area contributed by atoms with Crippen LogP contribution in [0.1, 0.15) is 12.0 Å². The second-order valence-corrected chi connectivity index (χ2v) is 4.79. The predicted molar refractivity (Wildman–Crippen MR) is 90.8 cm³/mol. The number of anilines is 1. The van der Waals surface area contributed by atoms with Gasteiger partial charge in [-0.2, -0.15) is 0 Å². The largest absolute Gasteiger partial charge is 0.356 e. The van der Waals surface area contributed by atoms with Crippen molar-refractivity contribution >= 4 is 41.5 Å². The molecule has 5 nitrogen and oxygen atoms in total. The van der Waals surface area contributed by atoms with Crippen molar-refractivity contribution in [2.45, 2.75) is 12.8 Å². The molecular weight excluding hydrogens is 367 g/mol. The van der Waals surface area contributed by atoms with Gasteiger partial charge in [-0.3, -0.25) is 9.79 Å². The second-order valence-electron chi connectivity index (χ2n) is 4.79. The van der Waals surface area contributed by atoms with Crippen molar-refractivity contribution < 1.29 is 4.79 Å². The Kier molecular flexibility index (Phi) is 5.22. The van der Waals surface area contributed by atoms with E-state index in [1.54, 1.807) is 0 Å². The fourth-order valence-electron chi connectivity index (χ4n) is 2.50. The molecule has 3 rings (SSSR count). The maximum absolute atomic E-state index is 12.0. The first kappa shape index (κ1) is 15.1. The molecule has 6 heteroatoms. The lowest BCUT2D eigenvalue weighted by Crippen LogP contribution is -2.44. The van der Waals surface area contributed by atoms with Gasteiger partial charge in [-0.05, 0) is 18.1 Å². The molecular formula is C14H19IN4O.